The number of benzene rings is 2. The fourth-order valence-electron chi connectivity index (χ4n) is 4.82. The summed E-state index contributed by atoms with van der Waals surface area (Å²) in [5, 5.41) is 5.98. The van der Waals surface area contributed by atoms with Crippen molar-refractivity contribution in [2.24, 2.45) is 0 Å². The van der Waals surface area contributed by atoms with E-state index >= 15 is 0 Å². The van der Waals surface area contributed by atoms with Crippen molar-refractivity contribution in [3.63, 3.8) is 0 Å². The SMILES string of the molecule is CC(C)=C/C=C(\C)CN1CC2N(C(=O)CN(C)N2C(=O)NCc2ccc(F)cc2)[C@@H](c2ccccc2)C1=O. The molecule has 0 spiro atoms. The first-order chi connectivity index (χ1) is 18.2. The molecule has 2 aromatic carbocycles. The molecule has 2 aliphatic heterocycles. The van der Waals surface area contributed by atoms with Gasteiger partial charge in [0.05, 0.1) is 13.1 Å². The summed E-state index contributed by atoms with van der Waals surface area (Å²) in [5.74, 6) is -0.751. The number of rotatable bonds is 6. The number of hydrogen-bond acceptors (Lipinski definition) is 4. The lowest BCUT2D eigenvalue weighted by atomic mass is 9.98. The van der Waals surface area contributed by atoms with Crippen LogP contribution in [0, 0.1) is 5.82 Å². The van der Waals surface area contributed by atoms with Crippen LogP contribution in [0.5, 0.6) is 0 Å². The van der Waals surface area contributed by atoms with Gasteiger partial charge >= 0.3 is 6.03 Å². The molecule has 38 heavy (non-hydrogen) atoms. The van der Waals surface area contributed by atoms with Crippen LogP contribution >= 0.6 is 0 Å². The van der Waals surface area contributed by atoms with E-state index in [9.17, 15) is 18.8 Å². The highest BCUT2D eigenvalue weighted by atomic mass is 19.1. The summed E-state index contributed by atoms with van der Waals surface area (Å²) in [7, 11) is 1.69. The predicted octanol–water partition coefficient (Wildman–Crippen LogP) is 3.85. The van der Waals surface area contributed by atoms with E-state index < -0.39 is 18.2 Å². The molecule has 200 valence electrons. The molecule has 0 aliphatic carbocycles. The van der Waals surface area contributed by atoms with E-state index in [4.69, 9.17) is 0 Å². The predicted molar refractivity (Wildman–Crippen MR) is 143 cm³/mol. The molecule has 0 radical (unpaired) electrons. The first kappa shape index (κ1) is 27.1. The second-order valence-corrected chi connectivity index (χ2v) is 10.0. The maximum absolute atomic E-state index is 13.8. The number of halogens is 1. The maximum atomic E-state index is 13.8. The Hall–Kier alpha value is -3.98. The van der Waals surface area contributed by atoms with Crippen LogP contribution in [0.3, 0.4) is 0 Å². The van der Waals surface area contributed by atoms with Crippen molar-refractivity contribution < 1.29 is 18.8 Å². The van der Waals surface area contributed by atoms with Gasteiger partial charge < -0.3 is 15.1 Å². The van der Waals surface area contributed by atoms with Crippen molar-refractivity contribution in [2.75, 3.05) is 26.7 Å². The van der Waals surface area contributed by atoms with Crippen LogP contribution in [0.4, 0.5) is 9.18 Å². The molecule has 0 saturated carbocycles. The average molecular weight is 520 g/mol. The van der Waals surface area contributed by atoms with Gasteiger partial charge in [0.2, 0.25) is 5.91 Å². The summed E-state index contributed by atoms with van der Waals surface area (Å²) in [6, 6.07) is 13.9. The molecule has 1 unspecified atom stereocenters. The highest BCUT2D eigenvalue weighted by Crippen LogP contribution is 2.34. The molecule has 2 atom stereocenters. The molecule has 4 rings (SSSR count). The van der Waals surface area contributed by atoms with E-state index in [-0.39, 0.29) is 37.3 Å². The summed E-state index contributed by atoms with van der Waals surface area (Å²) in [4.78, 5) is 43.9. The van der Waals surface area contributed by atoms with E-state index in [1.807, 2.05) is 63.3 Å². The van der Waals surface area contributed by atoms with Crippen LogP contribution in [-0.4, -0.2) is 70.5 Å². The van der Waals surface area contributed by atoms with E-state index in [0.29, 0.717) is 12.1 Å². The summed E-state index contributed by atoms with van der Waals surface area (Å²) in [6.45, 7) is 6.66. The molecule has 4 amide bonds. The molecule has 2 fully saturated rings. The van der Waals surface area contributed by atoms with Gasteiger partial charge in [-0.25, -0.2) is 19.2 Å². The second-order valence-electron chi connectivity index (χ2n) is 10.0. The number of likely N-dealkylation sites (N-methyl/N-ethyl adjacent to an activating group) is 1. The molecule has 1 N–H and O–H groups in total. The van der Waals surface area contributed by atoms with Gasteiger partial charge in [-0.2, -0.15) is 0 Å². The van der Waals surface area contributed by atoms with E-state index in [1.165, 1.54) is 17.1 Å². The van der Waals surface area contributed by atoms with Gasteiger partial charge in [-0.05, 0) is 44.0 Å². The highest BCUT2D eigenvalue weighted by molar-refractivity contribution is 5.92. The van der Waals surface area contributed by atoms with Crippen molar-refractivity contribution in [3.8, 4) is 0 Å². The lowest BCUT2D eigenvalue weighted by Crippen LogP contribution is -2.73. The molecular weight excluding hydrogens is 485 g/mol. The van der Waals surface area contributed by atoms with Crippen molar-refractivity contribution in [1.29, 1.82) is 0 Å². The van der Waals surface area contributed by atoms with E-state index in [0.717, 1.165) is 16.7 Å². The van der Waals surface area contributed by atoms with Crippen molar-refractivity contribution in [3.05, 3.63) is 94.8 Å². The Bertz CT molecular complexity index is 1240. The van der Waals surface area contributed by atoms with Crippen LogP contribution < -0.4 is 5.32 Å². The van der Waals surface area contributed by atoms with Crippen LogP contribution in [-0.2, 0) is 16.1 Å². The average Bonchev–Trinajstić information content (AvgIpc) is 2.88. The van der Waals surface area contributed by atoms with Gasteiger partial charge in [0, 0.05) is 20.1 Å². The normalized spacial score (nSPS) is 20.3. The quantitative estimate of drug-likeness (QED) is 0.589. The summed E-state index contributed by atoms with van der Waals surface area (Å²) in [6.07, 6.45) is 3.28. The number of hydrogen-bond donors (Lipinski definition) is 1. The van der Waals surface area contributed by atoms with Gasteiger partial charge in [0.15, 0.2) is 0 Å². The largest absolute Gasteiger partial charge is 0.334 e. The number of carbonyl (C=O) groups excluding carboxylic acids is 3. The zero-order chi connectivity index (χ0) is 27.4. The third-order valence-electron chi connectivity index (χ3n) is 6.65. The zero-order valence-electron chi connectivity index (χ0n) is 22.2. The minimum absolute atomic E-state index is 0.0451. The molecule has 0 bridgehead atoms. The molecular formula is C29H34FN5O3. The molecule has 2 saturated heterocycles. The monoisotopic (exact) mass is 519 g/mol. The number of nitrogens with one attached hydrogen (secondary N) is 1. The zero-order valence-corrected chi connectivity index (χ0v) is 22.2. The standard InChI is InChI=1S/C29H34FN5O3/c1-20(2)10-11-21(3)17-33-18-25-34(27(28(33)37)23-8-6-5-7-9-23)26(36)19-32(4)35(25)29(38)31-16-22-12-14-24(30)15-13-22/h5-15,25,27H,16-19H2,1-4H3,(H,31,38)/b21-11+/t25?,27-/m0/s1. The number of nitrogens with zero attached hydrogens (tertiary/aromatic N) is 4. The molecule has 2 aromatic rings. The smallest absolute Gasteiger partial charge is 0.333 e. The Balaban J connectivity index is 1.66. The van der Waals surface area contributed by atoms with E-state index in [2.05, 4.69) is 5.32 Å². The van der Waals surface area contributed by atoms with Gasteiger partial charge in [0.25, 0.3) is 5.91 Å². The molecule has 2 heterocycles. The Morgan fingerprint density at radius 1 is 1.03 bits per heavy atom. The van der Waals surface area contributed by atoms with Crippen molar-refractivity contribution in [2.45, 2.75) is 39.5 Å². The summed E-state index contributed by atoms with van der Waals surface area (Å²) < 4.78 is 13.3. The van der Waals surface area contributed by atoms with Crippen molar-refractivity contribution in [1.82, 2.24) is 25.1 Å². The number of hydrazine groups is 1. The number of piperazine rings is 1. The number of allylic oxidation sites excluding steroid dienone is 3. The van der Waals surface area contributed by atoms with Gasteiger partial charge in [-0.1, -0.05) is 65.8 Å². The lowest BCUT2D eigenvalue weighted by molar-refractivity contribution is -0.187. The Labute approximate surface area is 223 Å². The number of urea groups is 1. The fourth-order valence-corrected chi connectivity index (χ4v) is 4.82. The first-order valence-electron chi connectivity index (χ1n) is 12.6. The van der Waals surface area contributed by atoms with Crippen LogP contribution in [0.1, 0.15) is 37.9 Å². The third kappa shape index (κ3) is 5.94. The first-order valence-corrected chi connectivity index (χ1v) is 12.6. The molecule has 8 nitrogen and oxygen atoms in total. The van der Waals surface area contributed by atoms with Crippen molar-refractivity contribution >= 4 is 17.8 Å². The Kier molecular flexibility index (Phi) is 8.26. The number of carbonyl (C=O) groups is 3. The lowest BCUT2D eigenvalue weighted by Gasteiger charge is -2.54. The topological polar surface area (TPSA) is 76.2 Å². The van der Waals surface area contributed by atoms with E-state index in [1.54, 1.807) is 34.0 Å². The molecule has 9 heteroatoms. The minimum Gasteiger partial charge on any atom is -0.333 e. The molecule has 2 aliphatic rings. The Morgan fingerprint density at radius 2 is 1.71 bits per heavy atom. The van der Waals surface area contributed by atoms with Gasteiger partial charge in [-0.15, -0.1) is 0 Å². The van der Waals surface area contributed by atoms with Gasteiger partial charge in [0.1, 0.15) is 18.0 Å². The number of fused-ring (bicyclic) bond motifs is 1. The summed E-state index contributed by atoms with van der Waals surface area (Å²) >= 11 is 0. The van der Waals surface area contributed by atoms with Gasteiger partial charge in [-0.3, -0.25) is 9.59 Å². The maximum Gasteiger partial charge on any atom is 0.334 e. The highest BCUT2D eigenvalue weighted by Gasteiger charge is 2.51. The molecule has 0 aromatic heterocycles. The summed E-state index contributed by atoms with van der Waals surface area (Å²) in [5.41, 5.74) is 3.58. The second kappa shape index (κ2) is 11.6. The third-order valence-corrected chi connectivity index (χ3v) is 6.65. The fraction of sp³-hybridized carbons (Fsp3) is 0.345. The van der Waals surface area contributed by atoms with Crippen LogP contribution in [0.25, 0.3) is 0 Å². The number of amides is 4. The minimum atomic E-state index is -0.847. The Morgan fingerprint density at radius 3 is 2.37 bits per heavy atom. The van der Waals surface area contributed by atoms with Crippen LogP contribution in [0.2, 0.25) is 0 Å². The van der Waals surface area contributed by atoms with Crippen LogP contribution in [0.15, 0.2) is 77.9 Å².